The quantitative estimate of drug-likeness (QED) is 0.486. The van der Waals surface area contributed by atoms with Gasteiger partial charge in [-0.1, -0.05) is 18.2 Å². The molecule has 0 saturated heterocycles. The summed E-state index contributed by atoms with van der Waals surface area (Å²) in [6.45, 7) is 0. The first-order chi connectivity index (χ1) is 8.92. The smallest absolute Gasteiger partial charge is 0.0454 e. The Balaban J connectivity index is 2.03. The highest BCUT2D eigenvalue weighted by Gasteiger charge is 2.05. The second-order valence-corrected chi connectivity index (χ2v) is 5.37. The lowest BCUT2D eigenvalue weighted by atomic mass is 10.0. The Morgan fingerprint density at radius 2 is 1.94 bits per heavy atom. The average molecular weight is 249 g/mol. The van der Waals surface area contributed by atoms with Crippen LogP contribution in [0.2, 0.25) is 0 Å². The van der Waals surface area contributed by atoms with Crippen LogP contribution in [-0.2, 0) is 0 Å². The van der Waals surface area contributed by atoms with Crippen LogP contribution in [0.15, 0.2) is 60.1 Å². The lowest BCUT2D eigenvalue weighted by Crippen LogP contribution is -1.78. The van der Waals surface area contributed by atoms with Crippen LogP contribution in [-0.4, -0.2) is 4.98 Å². The maximum Gasteiger partial charge on any atom is 0.0454 e. The van der Waals surface area contributed by atoms with Gasteiger partial charge in [0.25, 0.3) is 0 Å². The predicted molar refractivity (Wildman–Crippen MR) is 79.1 cm³/mol. The molecule has 2 heterocycles. The third-order valence-corrected chi connectivity index (χ3v) is 4.24. The van der Waals surface area contributed by atoms with Gasteiger partial charge in [0, 0.05) is 21.8 Å². The van der Waals surface area contributed by atoms with Crippen LogP contribution in [0, 0.1) is 0 Å². The van der Waals surface area contributed by atoms with Crippen LogP contribution in [0.4, 0.5) is 0 Å². The molecule has 0 aliphatic carbocycles. The van der Waals surface area contributed by atoms with Gasteiger partial charge < -0.3 is 4.98 Å². The summed E-state index contributed by atoms with van der Waals surface area (Å²) in [4.78, 5) is 3.23. The maximum absolute atomic E-state index is 3.23. The minimum atomic E-state index is 1.19. The third-order valence-electron chi connectivity index (χ3n) is 3.36. The Bertz CT molecular complexity index is 838. The number of nitrogens with one attached hydrogen (secondary N) is 1. The molecular formula is C16H11NS. The summed E-state index contributed by atoms with van der Waals surface area (Å²) in [6, 6.07) is 17.4. The molecule has 0 atom stereocenters. The van der Waals surface area contributed by atoms with Crippen LogP contribution >= 0.6 is 11.3 Å². The van der Waals surface area contributed by atoms with Crippen molar-refractivity contribution in [1.29, 1.82) is 0 Å². The van der Waals surface area contributed by atoms with E-state index in [0.29, 0.717) is 0 Å². The molecular weight excluding hydrogens is 238 g/mol. The van der Waals surface area contributed by atoms with E-state index in [0.717, 1.165) is 0 Å². The summed E-state index contributed by atoms with van der Waals surface area (Å²) in [5.41, 5.74) is 3.79. The molecule has 2 aromatic heterocycles. The van der Waals surface area contributed by atoms with E-state index in [4.69, 9.17) is 0 Å². The Morgan fingerprint density at radius 1 is 0.944 bits per heavy atom. The molecule has 0 fully saturated rings. The fourth-order valence-corrected chi connectivity index (χ4v) is 3.28. The molecule has 0 unspecified atom stereocenters. The molecule has 4 aromatic rings. The third kappa shape index (κ3) is 1.39. The zero-order valence-electron chi connectivity index (χ0n) is 9.68. The SMILES string of the molecule is c1cc(-c2ccc3[nH]ccc3c2)c2ccsc2c1. The number of hydrogen-bond donors (Lipinski definition) is 1. The molecule has 1 nitrogen and oxygen atoms in total. The van der Waals surface area contributed by atoms with Crippen molar-refractivity contribution < 1.29 is 0 Å². The predicted octanol–water partition coefficient (Wildman–Crippen LogP) is 5.05. The minimum Gasteiger partial charge on any atom is -0.361 e. The van der Waals surface area contributed by atoms with Crippen molar-refractivity contribution in [3.63, 3.8) is 0 Å². The van der Waals surface area contributed by atoms with E-state index in [1.807, 2.05) is 6.20 Å². The second kappa shape index (κ2) is 3.72. The molecule has 0 radical (unpaired) electrons. The number of benzene rings is 2. The average Bonchev–Trinajstić information content (AvgIpc) is 3.05. The van der Waals surface area contributed by atoms with Gasteiger partial charge in [-0.15, -0.1) is 11.3 Å². The number of hydrogen-bond acceptors (Lipinski definition) is 1. The van der Waals surface area contributed by atoms with Crippen LogP contribution in [0.5, 0.6) is 0 Å². The molecule has 1 N–H and O–H groups in total. The molecule has 0 bridgehead atoms. The normalized spacial score (nSPS) is 11.3. The monoisotopic (exact) mass is 249 g/mol. The molecule has 4 rings (SSSR count). The fourth-order valence-electron chi connectivity index (χ4n) is 2.47. The van der Waals surface area contributed by atoms with E-state index in [1.54, 1.807) is 11.3 Å². The first-order valence-electron chi connectivity index (χ1n) is 5.95. The van der Waals surface area contributed by atoms with E-state index in [2.05, 4.69) is 58.9 Å². The van der Waals surface area contributed by atoms with Crippen LogP contribution in [0.1, 0.15) is 0 Å². The van der Waals surface area contributed by atoms with Gasteiger partial charge in [0.05, 0.1) is 0 Å². The van der Waals surface area contributed by atoms with Gasteiger partial charge >= 0.3 is 0 Å². The highest BCUT2D eigenvalue weighted by Crippen LogP contribution is 2.32. The van der Waals surface area contributed by atoms with E-state index in [9.17, 15) is 0 Å². The Hall–Kier alpha value is -2.06. The van der Waals surface area contributed by atoms with E-state index in [-0.39, 0.29) is 0 Å². The molecule has 0 aliphatic heterocycles. The molecule has 0 spiro atoms. The first kappa shape index (κ1) is 9.92. The maximum atomic E-state index is 3.23. The topological polar surface area (TPSA) is 15.8 Å². The number of aromatic amines is 1. The molecule has 2 heteroatoms. The number of rotatable bonds is 1. The molecule has 0 aliphatic rings. The summed E-state index contributed by atoms with van der Waals surface area (Å²) in [5.74, 6) is 0. The fraction of sp³-hybridized carbons (Fsp3) is 0. The number of thiophene rings is 1. The van der Waals surface area contributed by atoms with Crippen LogP contribution < -0.4 is 0 Å². The van der Waals surface area contributed by atoms with Crippen molar-refractivity contribution in [2.24, 2.45) is 0 Å². The Labute approximate surface area is 109 Å². The number of fused-ring (bicyclic) bond motifs is 2. The van der Waals surface area contributed by atoms with E-state index < -0.39 is 0 Å². The lowest BCUT2D eigenvalue weighted by molar-refractivity contribution is 1.48. The van der Waals surface area contributed by atoms with Crippen molar-refractivity contribution in [2.45, 2.75) is 0 Å². The van der Waals surface area contributed by atoms with Crippen molar-refractivity contribution in [3.8, 4) is 11.1 Å². The van der Waals surface area contributed by atoms with Gasteiger partial charge in [0.15, 0.2) is 0 Å². The molecule has 2 aromatic carbocycles. The second-order valence-electron chi connectivity index (χ2n) is 4.42. The lowest BCUT2D eigenvalue weighted by Gasteiger charge is -2.04. The van der Waals surface area contributed by atoms with Crippen molar-refractivity contribution in [2.75, 3.05) is 0 Å². The minimum absolute atomic E-state index is 1.19. The highest BCUT2D eigenvalue weighted by molar-refractivity contribution is 7.17. The molecule has 86 valence electrons. The molecule has 0 saturated carbocycles. The van der Waals surface area contributed by atoms with Crippen LogP contribution in [0.3, 0.4) is 0 Å². The largest absolute Gasteiger partial charge is 0.361 e. The first-order valence-corrected chi connectivity index (χ1v) is 6.83. The molecule has 0 amide bonds. The van der Waals surface area contributed by atoms with Gasteiger partial charge in [-0.2, -0.15) is 0 Å². The van der Waals surface area contributed by atoms with Crippen molar-refractivity contribution >= 4 is 32.3 Å². The van der Waals surface area contributed by atoms with Crippen molar-refractivity contribution in [3.05, 3.63) is 60.1 Å². The zero-order valence-corrected chi connectivity index (χ0v) is 10.5. The standard InChI is InChI=1S/C16H11NS/c1-2-13(14-7-9-18-16(14)3-1)11-4-5-15-12(10-11)6-8-17-15/h1-10,17H. The van der Waals surface area contributed by atoms with E-state index >= 15 is 0 Å². The van der Waals surface area contributed by atoms with Gasteiger partial charge in [0.1, 0.15) is 0 Å². The zero-order chi connectivity index (χ0) is 11.9. The van der Waals surface area contributed by atoms with E-state index in [1.165, 1.54) is 32.1 Å². The number of H-pyrrole nitrogens is 1. The summed E-state index contributed by atoms with van der Waals surface area (Å²) in [5, 5.41) is 4.76. The van der Waals surface area contributed by atoms with Gasteiger partial charge in [0.2, 0.25) is 0 Å². The summed E-state index contributed by atoms with van der Waals surface area (Å²) < 4.78 is 1.35. The highest BCUT2D eigenvalue weighted by atomic mass is 32.1. The summed E-state index contributed by atoms with van der Waals surface area (Å²) in [7, 11) is 0. The summed E-state index contributed by atoms with van der Waals surface area (Å²) >= 11 is 1.80. The van der Waals surface area contributed by atoms with Crippen LogP contribution in [0.25, 0.3) is 32.1 Å². The summed E-state index contributed by atoms with van der Waals surface area (Å²) in [6.07, 6.45) is 1.99. The van der Waals surface area contributed by atoms with Gasteiger partial charge in [-0.25, -0.2) is 0 Å². The van der Waals surface area contributed by atoms with Gasteiger partial charge in [-0.05, 0) is 52.2 Å². The Morgan fingerprint density at radius 3 is 2.94 bits per heavy atom. The number of aromatic nitrogens is 1. The Kier molecular flexibility index (Phi) is 2.05. The van der Waals surface area contributed by atoms with Gasteiger partial charge in [-0.3, -0.25) is 0 Å². The molecule has 18 heavy (non-hydrogen) atoms. The van der Waals surface area contributed by atoms with Crippen molar-refractivity contribution in [1.82, 2.24) is 4.98 Å².